The minimum atomic E-state index is -0.341. The van der Waals surface area contributed by atoms with Crippen molar-refractivity contribution in [3.8, 4) is 0 Å². The summed E-state index contributed by atoms with van der Waals surface area (Å²) in [6.45, 7) is 6.61. The largest absolute Gasteiger partial charge is 0.385 e. The summed E-state index contributed by atoms with van der Waals surface area (Å²) in [4.78, 5) is 10.4. The summed E-state index contributed by atoms with van der Waals surface area (Å²) in [5.74, 6) is 0. The fourth-order valence-electron chi connectivity index (χ4n) is 1.49. The number of aryl methyl sites for hydroxylation is 2. The molecule has 0 bridgehead atoms. The van der Waals surface area contributed by atoms with Crippen LogP contribution in [0, 0.1) is 24.0 Å². The molecule has 4 heteroatoms. The Labute approximate surface area is 89.5 Å². The average molecular weight is 208 g/mol. The standard InChI is InChI=1S/C11H16N2O2/c1-4-5-12-10-7-11(13(14)15)9(3)6-8(10)2/h6-7,12H,4-5H2,1-3H3. The molecule has 1 N–H and O–H groups in total. The van der Waals surface area contributed by atoms with Gasteiger partial charge in [-0.15, -0.1) is 0 Å². The number of anilines is 1. The van der Waals surface area contributed by atoms with Crippen molar-refractivity contribution >= 4 is 11.4 Å². The lowest BCUT2D eigenvalue weighted by atomic mass is 10.1. The molecule has 0 heterocycles. The van der Waals surface area contributed by atoms with Gasteiger partial charge in [0.1, 0.15) is 0 Å². The number of nitrogens with zero attached hydrogens (tertiary/aromatic N) is 1. The number of hydrogen-bond donors (Lipinski definition) is 1. The highest BCUT2D eigenvalue weighted by Gasteiger charge is 2.12. The third-order valence-electron chi connectivity index (χ3n) is 2.31. The molecule has 0 saturated carbocycles. The Morgan fingerprint density at radius 3 is 2.53 bits per heavy atom. The van der Waals surface area contributed by atoms with Gasteiger partial charge >= 0.3 is 0 Å². The van der Waals surface area contributed by atoms with Crippen molar-refractivity contribution in [2.24, 2.45) is 0 Å². The summed E-state index contributed by atoms with van der Waals surface area (Å²) in [5, 5.41) is 13.9. The van der Waals surface area contributed by atoms with Crippen molar-refractivity contribution in [3.05, 3.63) is 33.4 Å². The third kappa shape index (κ3) is 2.68. The van der Waals surface area contributed by atoms with Gasteiger partial charge in [-0.05, 0) is 31.9 Å². The molecule has 0 amide bonds. The molecule has 82 valence electrons. The summed E-state index contributed by atoms with van der Waals surface area (Å²) < 4.78 is 0. The fraction of sp³-hybridized carbons (Fsp3) is 0.455. The van der Waals surface area contributed by atoms with E-state index in [2.05, 4.69) is 12.2 Å². The highest BCUT2D eigenvalue weighted by molar-refractivity contribution is 5.60. The van der Waals surface area contributed by atoms with E-state index in [9.17, 15) is 10.1 Å². The first-order valence-corrected chi connectivity index (χ1v) is 5.05. The first kappa shape index (κ1) is 11.5. The molecule has 15 heavy (non-hydrogen) atoms. The molecule has 1 aromatic rings. The molecule has 0 aliphatic carbocycles. The normalized spacial score (nSPS) is 10.1. The van der Waals surface area contributed by atoms with Crippen molar-refractivity contribution in [1.82, 2.24) is 0 Å². The molecule has 1 rings (SSSR count). The Morgan fingerprint density at radius 1 is 1.33 bits per heavy atom. The summed E-state index contributed by atoms with van der Waals surface area (Å²) in [7, 11) is 0. The zero-order chi connectivity index (χ0) is 11.4. The van der Waals surface area contributed by atoms with E-state index in [-0.39, 0.29) is 10.6 Å². The van der Waals surface area contributed by atoms with Crippen LogP contribution in [-0.4, -0.2) is 11.5 Å². The molecule has 0 unspecified atom stereocenters. The lowest BCUT2D eigenvalue weighted by Gasteiger charge is -2.09. The van der Waals surface area contributed by atoms with Gasteiger partial charge in [0.15, 0.2) is 0 Å². The molecule has 0 fully saturated rings. The number of nitro benzene ring substituents is 1. The average Bonchev–Trinajstić information content (AvgIpc) is 2.16. The molecule has 1 aromatic carbocycles. The Hall–Kier alpha value is -1.58. The van der Waals surface area contributed by atoms with Crippen LogP contribution in [0.15, 0.2) is 12.1 Å². The van der Waals surface area contributed by atoms with E-state index in [1.807, 2.05) is 13.0 Å². The van der Waals surface area contributed by atoms with Gasteiger partial charge in [-0.25, -0.2) is 0 Å². The lowest BCUT2D eigenvalue weighted by molar-refractivity contribution is -0.385. The van der Waals surface area contributed by atoms with Crippen LogP contribution in [0.3, 0.4) is 0 Å². The van der Waals surface area contributed by atoms with Crippen LogP contribution in [0.2, 0.25) is 0 Å². The van der Waals surface area contributed by atoms with E-state index in [0.29, 0.717) is 5.56 Å². The van der Waals surface area contributed by atoms with E-state index in [4.69, 9.17) is 0 Å². The van der Waals surface area contributed by atoms with E-state index in [0.717, 1.165) is 24.2 Å². The summed E-state index contributed by atoms with van der Waals surface area (Å²) >= 11 is 0. The van der Waals surface area contributed by atoms with Crippen LogP contribution in [0.1, 0.15) is 24.5 Å². The van der Waals surface area contributed by atoms with Crippen LogP contribution in [0.5, 0.6) is 0 Å². The Balaban J connectivity index is 3.06. The van der Waals surface area contributed by atoms with Gasteiger partial charge in [0.2, 0.25) is 0 Å². The van der Waals surface area contributed by atoms with Crippen LogP contribution in [-0.2, 0) is 0 Å². The second-order valence-electron chi connectivity index (χ2n) is 3.64. The van der Waals surface area contributed by atoms with Gasteiger partial charge in [0.05, 0.1) is 4.92 Å². The third-order valence-corrected chi connectivity index (χ3v) is 2.31. The van der Waals surface area contributed by atoms with Crippen molar-refractivity contribution in [2.75, 3.05) is 11.9 Å². The molecular formula is C11H16N2O2. The molecule has 4 nitrogen and oxygen atoms in total. The van der Waals surface area contributed by atoms with Crippen LogP contribution in [0.25, 0.3) is 0 Å². The maximum Gasteiger partial charge on any atom is 0.274 e. The number of hydrogen-bond acceptors (Lipinski definition) is 3. The molecule has 0 radical (unpaired) electrons. The quantitative estimate of drug-likeness (QED) is 0.611. The van der Waals surface area contributed by atoms with E-state index >= 15 is 0 Å². The molecule has 0 aliphatic rings. The van der Waals surface area contributed by atoms with E-state index in [1.54, 1.807) is 13.0 Å². The molecule has 0 aromatic heterocycles. The topological polar surface area (TPSA) is 55.2 Å². The molecule has 0 atom stereocenters. The molecule has 0 spiro atoms. The summed E-state index contributed by atoms with van der Waals surface area (Å²) in [5.41, 5.74) is 2.79. The first-order valence-electron chi connectivity index (χ1n) is 5.05. The predicted molar refractivity (Wildman–Crippen MR) is 61.4 cm³/mol. The SMILES string of the molecule is CCCNc1cc([N+](=O)[O-])c(C)cc1C. The smallest absolute Gasteiger partial charge is 0.274 e. The van der Waals surface area contributed by atoms with E-state index in [1.165, 1.54) is 0 Å². The summed E-state index contributed by atoms with van der Waals surface area (Å²) in [6.07, 6.45) is 1.00. The van der Waals surface area contributed by atoms with Gasteiger partial charge in [-0.2, -0.15) is 0 Å². The Morgan fingerprint density at radius 2 is 2.00 bits per heavy atom. The zero-order valence-electron chi connectivity index (χ0n) is 9.33. The second kappa shape index (κ2) is 4.77. The maximum absolute atomic E-state index is 10.7. The zero-order valence-corrected chi connectivity index (χ0v) is 9.33. The van der Waals surface area contributed by atoms with Crippen LogP contribution >= 0.6 is 0 Å². The Kier molecular flexibility index (Phi) is 3.66. The molecule has 0 saturated heterocycles. The minimum Gasteiger partial charge on any atom is -0.385 e. The van der Waals surface area contributed by atoms with Crippen molar-refractivity contribution in [2.45, 2.75) is 27.2 Å². The fourth-order valence-corrected chi connectivity index (χ4v) is 1.49. The lowest BCUT2D eigenvalue weighted by Crippen LogP contribution is -2.03. The van der Waals surface area contributed by atoms with Gasteiger partial charge in [0, 0.05) is 23.9 Å². The number of nitrogens with one attached hydrogen (secondary N) is 1. The minimum absolute atomic E-state index is 0.180. The number of benzene rings is 1. The maximum atomic E-state index is 10.7. The number of nitro groups is 1. The molecule has 0 aliphatic heterocycles. The highest BCUT2D eigenvalue weighted by atomic mass is 16.6. The van der Waals surface area contributed by atoms with Gasteiger partial charge in [-0.3, -0.25) is 10.1 Å². The second-order valence-corrected chi connectivity index (χ2v) is 3.64. The Bertz CT molecular complexity index is 375. The van der Waals surface area contributed by atoms with Crippen molar-refractivity contribution in [3.63, 3.8) is 0 Å². The summed E-state index contributed by atoms with van der Waals surface area (Å²) in [6, 6.07) is 3.45. The first-order chi connectivity index (χ1) is 7.06. The monoisotopic (exact) mass is 208 g/mol. The van der Waals surface area contributed by atoms with Gasteiger partial charge in [0.25, 0.3) is 5.69 Å². The van der Waals surface area contributed by atoms with Crippen LogP contribution in [0.4, 0.5) is 11.4 Å². The molecular weight excluding hydrogens is 192 g/mol. The van der Waals surface area contributed by atoms with E-state index < -0.39 is 0 Å². The van der Waals surface area contributed by atoms with Gasteiger partial charge in [-0.1, -0.05) is 6.92 Å². The van der Waals surface area contributed by atoms with Crippen molar-refractivity contribution in [1.29, 1.82) is 0 Å². The number of rotatable bonds is 4. The van der Waals surface area contributed by atoms with Gasteiger partial charge < -0.3 is 5.32 Å². The predicted octanol–water partition coefficient (Wildman–Crippen LogP) is 3.03. The highest BCUT2D eigenvalue weighted by Crippen LogP contribution is 2.26. The van der Waals surface area contributed by atoms with Crippen LogP contribution < -0.4 is 5.32 Å². The van der Waals surface area contributed by atoms with Crippen molar-refractivity contribution < 1.29 is 4.92 Å².